The predicted molar refractivity (Wildman–Crippen MR) is 89.6 cm³/mol. The lowest BCUT2D eigenvalue weighted by Crippen LogP contribution is -2.30. The summed E-state index contributed by atoms with van der Waals surface area (Å²) in [4.78, 5) is 7.66. The molecule has 2 rings (SSSR count). The number of anilines is 1. The largest absolute Gasteiger partial charge is 0.375 e. The number of likely N-dealkylation sites (N-methyl/N-ethyl adjacent to an activating group) is 1. The van der Waals surface area contributed by atoms with Crippen molar-refractivity contribution in [2.45, 2.75) is 32.9 Å². The molecule has 1 atom stereocenters. The van der Waals surface area contributed by atoms with Crippen molar-refractivity contribution in [3.05, 3.63) is 46.5 Å². The third-order valence-corrected chi connectivity index (χ3v) is 4.32. The van der Waals surface area contributed by atoms with Crippen molar-refractivity contribution in [1.82, 2.24) is 9.88 Å². The van der Waals surface area contributed by atoms with Crippen molar-refractivity contribution in [2.75, 3.05) is 12.8 Å². The van der Waals surface area contributed by atoms with Crippen LogP contribution >= 0.6 is 23.7 Å². The molecular weight excluding hydrogens is 290 g/mol. The van der Waals surface area contributed by atoms with Gasteiger partial charge in [0.1, 0.15) is 0 Å². The second-order valence-corrected chi connectivity index (χ2v) is 6.21. The minimum Gasteiger partial charge on any atom is -0.375 e. The maximum Gasteiger partial charge on any atom is 0.180 e. The summed E-state index contributed by atoms with van der Waals surface area (Å²) in [6.45, 7) is 5.34. The Balaban J connectivity index is 0.00000200. The molecule has 2 aromatic rings. The molecule has 1 unspecified atom stereocenters. The van der Waals surface area contributed by atoms with Crippen LogP contribution in [0.5, 0.6) is 0 Å². The Kier molecular flexibility index (Phi) is 6.46. The van der Waals surface area contributed by atoms with Crippen LogP contribution in [-0.4, -0.2) is 23.0 Å². The van der Waals surface area contributed by atoms with Crippen molar-refractivity contribution in [3.8, 4) is 0 Å². The first-order valence-electron chi connectivity index (χ1n) is 6.51. The van der Waals surface area contributed by atoms with Crippen LogP contribution in [0.3, 0.4) is 0 Å². The smallest absolute Gasteiger partial charge is 0.180 e. The van der Waals surface area contributed by atoms with Crippen LogP contribution in [0, 0.1) is 6.92 Å². The summed E-state index contributed by atoms with van der Waals surface area (Å²) < 4.78 is 0. The molecule has 110 valence electrons. The average molecular weight is 312 g/mol. The van der Waals surface area contributed by atoms with Gasteiger partial charge < -0.3 is 5.73 Å². The molecular formula is C15H22ClN3S. The molecule has 2 N–H and O–H groups in total. The zero-order chi connectivity index (χ0) is 13.8. The maximum atomic E-state index is 5.66. The van der Waals surface area contributed by atoms with Gasteiger partial charge in [0.25, 0.3) is 0 Å². The van der Waals surface area contributed by atoms with Gasteiger partial charge in [0.15, 0.2) is 5.13 Å². The van der Waals surface area contributed by atoms with Crippen molar-refractivity contribution < 1.29 is 0 Å². The van der Waals surface area contributed by atoms with E-state index < -0.39 is 0 Å². The first-order chi connectivity index (χ1) is 9.06. The zero-order valence-corrected chi connectivity index (χ0v) is 13.8. The first kappa shape index (κ1) is 17.0. The number of nitrogens with zero attached hydrogens (tertiary/aromatic N) is 2. The lowest BCUT2D eigenvalue weighted by atomic mass is 10.0. The summed E-state index contributed by atoms with van der Waals surface area (Å²) in [7, 11) is 2.15. The number of aromatic nitrogens is 1. The molecule has 20 heavy (non-hydrogen) atoms. The molecule has 0 aliphatic carbocycles. The Morgan fingerprint density at radius 1 is 1.35 bits per heavy atom. The standard InChI is InChI=1S/C15H21N3S.ClH/c1-11-6-4-5-7-13(11)8-12(2)18(3)10-14-9-17-15(16)19-14;/h4-7,9,12H,8,10H2,1-3H3,(H2,16,17);1H. The van der Waals surface area contributed by atoms with E-state index in [-0.39, 0.29) is 12.4 Å². The molecule has 0 radical (unpaired) electrons. The number of hydrogen-bond acceptors (Lipinski definition) is 4. The molecule has 0 saturated heterocycles. The van der Waals surface area contributed by atoms with Gasteiger partial charge in [0, 0.05) is 23.7 Å². The molecule has 0 amide bonds. The van der Waals surface area contributed by atoms with Gasteiger partial charge in [-0.05, 0) is 38.4 Å². The third-order valence-electron chi connectivity index (χ3n) is 3.51. The van der Waals surface area contributed by atoms with Gasteiger partial charge in [-0.25, -0.2) is 4.98 Å². The summed E-state index contributed by atoms with van der Waals surface area (Å²) in [6, 6.07) is 9.08. The number of aryl methyl sites for hydroxylation is 1. The molecule has 1 aromatic heterocycles. The monoisotopic (exact) mass is 311 g/mol. The molecule has 0 spiro atoms. The molecule has 1 aromatic carbocycles. The summed E-state index contributed by atoms with van der Waals surface area (Å²) in [6.07, 6.45) is 2.94. The highest BCUT2D eigenvalue weighted by Crippen LogP contribution is 2.18. The fourth-order valence-electron chi connectivity index (χ4n) is 2.11. The molecule has 5 heteroatoms. The van der Waals surface area contributed by atoms with E-state index in [9.17, 15) is 0 Å². The van der Waals surface area contributed by atoms with Gasteiger partial charge in [-0.3, -0.25) is 4.90 Å². The number of nitrogen functional groups attached to an aromatic ring is 1. The Morgan fingerprint density at radius 3 is 2.65 bits per heavy atom. The zero-order valence-electron chi connectivity index (χ0n) is 12.2. The normalized spacial score (nSPS) is 12.2. The van der Waals surface area contributed by atoms with Crippen molar-refractivity contribution >= 4 is 28.9 Å². The van der Waals surface area contributed by atoms with E-state index in [2.05, 4.69) is 55.0 Å². The molecule has 1 heterocycles. The highest BCUT2D eigenvalue weighted by molar-refractivity contribution is 7.15. The molecule has 0 fully saturated rings. The topological polar surface area (TPSA) is 42.2 Å². The Morgan fingerprint density at radius 2 is 2.05 bits per heavy atom. The van der Waals surface area contributed by atoms with Gasteiger partial charge in [0.2, 0.25) is 0 Å². The molecule has 0 saturated carbocycles. The summed E-state index contributed by atoms with van der Waals surface area (Å²) in [5.41, 5.74) is 8.45. The first-order valence-corrected chi connectivity index (χ1v) is 7.33. The average Bonchev–Trinajstić information content (AvgIpc) is 2.77. The van der Waals surface area contributed by atoms with E-state index in [0.29, 0.717) is 11.2 Å². The van der Waals surface area contributed by atoms with E-state index in [0.717, 1.165) is 13.0 Å². The van der Waals surface area contributed by atoms with E-state index in [1.165, 1.54) is 16.0 Å². The number of nitrogens with two attached hydrogens (primary N) is 1. The highest BCUT2D eigenvalue weighted by Gasteiger charge is 2.12. The molecule has 0 aliphatic heterocycles. The number of halogens is 1. The highest BCUT2D eigenvalue weighted by atomic mass is 35.5. The van der Waals surface area contributed by atoms with Gasteiger partial charge in [-0.2, -0.15) is 0 Å². The van der Waals surface area contributed by atoms with Gasteiger partial charge in [-0.15, -0.1) is 23.7 Å². The minimum absolute atomic E-state index is 0. The summed E-state index contributed by atoms with van der Waals surface area (Å²) in [5, 5.41) is 0.648. The van der Waals surface area contributed by atoms with Crippen LogP contribution in [0.4, 0.5) is 5.13 Å². The number of rotatable bonds is 5. The van der Waals surface area contributed by atoms with Crippen LogP contribution in [0.2, 0.25) is 0 Å². The Labute approximate surface area is 131 Å². The Bertz CT molecular complexity index is 541. The SMILES string of the molecule is Cc1ccccc1CC(C)N(C)Cc1cnc(N)s1.Cl. The lowest BCUT2D eigenvalue weighted by Gasteiger charge is -2.24. The van der Waals surface area contributed by atoms with Gasteiger partial charge in [0.05, 0.1) is 0 Å². The fourth-order valence-corrected chi connectivity index (χ4v) is 2.86. The van der Waals surface area contributed by atoms with E-state index in [1.807, 2.05) is 6.20 Å². The van der Waals surface area contributed by atoms with Gasteiger partial charge in [-0.1, -0.05) is 24.3 Å². The van der Waals surface area contributed by atoms with Crippen LogP contribution < -0.4 is 5.73 Å². The maximum absolute atomic E-state index is 5.66. The fraction of sp³-hybridized carbons (Fsp3) is 0.400. The van der Waals surface area contributed by atoms with Crippen molar-refractivity contribution in [2.24, 2.45) is 0 Å². The number of benzene rings is 1. The van der Waals surface area contributed by atoms with Gasteiger partial charge >= 0.3 is 0 Å². The van der Waals surface area contributed by atoms with Crippen LogP contribution in [-0.2, 0) is 13.0 Å². The lowest BCUT2D eigenvalue weighted by molar-refractivity contribution is 0.250. The summed E-state index contributed by atoms with van der Waals surface area (Å²) in [5.74, 6) is 0. The van der Waals surface area contributed by atoms with E-state index in [1.54, 1.807) is 11.3 Å². The van der Waals surface area contributed by atoms with E-state index in [4.69, 9.17) is 5.73 Å². The predicted octanol–water partition coefficient (Wildman–Crippen LogP) is 3.52. The third kappa shape index (κ3) is 4.47. The minimum atomic E-state index is 0. The molecule has 0 aliphatic rings. The van der Waals surface area contributed by atoms with Crippen LogP contribution in [0.25, 0.3) is 0 Å². The Hall–Kier alpha value is -1.10. The second-order valence-electron chi connectivity index (χ2n) is 5.06. The second kappa shape index (κ2) is 7.62. The number of hydrogen-bond donors (Lipinski definition) is 1. The summed E-state index contributed by atoms with van der Waals surface area (Å²) >= 11 is 1.57. The molecule has 3 nitrogen and oxygen atoms in total. The van der Waals surface area contributed by atoms with Crippen LogP contribution in [0.15, 0.2) is 30.5 Å². The number of thiazole rings is 1. The van der Waals surface area contributed by atoms with Crippen molar-refractivity contribution in [1.29, 1.82) is 0 Å². The molecule has 0 bridgehead atoms. The van der Waals surface area contributed by atoms with Crippen LogP contribution in [0.1, 0.15) is 22.9 Å². The van der Waals surface area contributed by atoms with Crippen molar-refractivity contribution in [3.63, 3.8) is 0 Å². The quantitative estimate of drug-likeness (QED) is 0.918. The van der Waals surface area contributed by atoms with E-state index >= 15 is 0 Å².